The predicted molar refractivity (Wildman–Crippen MR) is 107 cm³/mol. The first-order valence-electron chi connectivity index (χ1n) is 9.23. The SMILES string of the molecule is O=C(CSCC(=O)N1CCC(N2CCCOC2=O)CC1)Nc1ccc(Cl)cn1. The van der Waals surface area contributed by atoms with E-state index in [9.17, 15) is 14.4 Å². The fourth-order valence-electron chi connectivity index (χ4n) is 3.28. The number of thioether (sulfide) groups is 1. The van der Waals surface area contributed by atoms with Gasteiger partial charge in [-0.3, -0.25) is 9.59 Å². The molecule has 2 saturated heterocycles. The first-order chi connectivity index (χ1) is 13.5. The summed E-state index contributed by atoms with van der Waals surface area (Å²) in [6, 6.07) is 3.41. The normalized spacial score (nSPS) is 18.0. The number of hydrogen-bond acceptors (Lipinski definition) is 6. The fourth-order valence-corrected chi connectivity index (χ4v) is 4.11. The average molecular weight is 427 g/mol. The first-order valence-corrected chi connectivity index (χ1v) is 10.8. The lowest BCUT2D eigenvalue weighted by Crippen LogP contribution is -2.51. The zero-order valence-corrected chi connectivity index (χ0v) is 17.0. The Morgan fingerprint density at radius 3 is 2.71 bits per heavy atom. The van der Waals surface area contributed by atoms with Gasteiger partial charge in [-0.1, -0.05) is 11.6 Å². The summed E-state index contributed by atoms with van der Waals surface area (Å²) in [6.07, 6.45) is 3.59. The number of pyridine rings is 1. The van der Waals surface area contributed by atoms with Crippen LogP contribution in [0, 0.1) is 0 Å². The van der Waals surface area contributed by atoms with Crippen molar-refractivity contribution in [2.45, 2.75) is 25.3 Å². The molecule has 28 heavy (non-hydrogen) atoms. The molecular weight excluding hydrogens is 404 g/mol. The number of nitrogens with one attached hydrogen (secondary N) is 1. The van der Waals surface area contributed by atoms with E-state index >= 15 is 0 Å². The minimum atomic E-state index is -0.243. The van der Waals surface area contributed by atoms with Crippen LogP contribution in [0.2, 0.25) is 5.02 Å². The summed E-state index contributed by atoms with van der Waals surface area (Å²) in [5, 5.41) is 3.16. The highest BCUT2D eigenvalue weighted by Crippen LogP contribution is 2.20. The molecule has 10 heteroatoms. The second-order valence-corrected chi connectivity index (χ2v) is 8.10. The predicted octanol–water partition coefficient (Wildman–Crippen LogP) is 2.24. The van der Waals surface area contributed by atoms with Crippen molar-refractivity contribution in [2.75, 3.05) is 43.1 Å². The number of rotatable bonds is 6. The summed E-state index contributed by atoms with van der Waals surface area (Å²) < 4.78 is 5.10. The molecule has 152 valence electrons. The Hall–Kier alpha value is -2.00. The molecule has 0 bridgehead atoms. The van der Waals surface area contributed by atoms with E-state index in [0.717, 1.165) is 25.8 Å². The van der Waals surface area contributed by atoms with Crippen LogP contribution in [0.4, 0.5) is 10.6 Å². The molecule has 1 aromatic heterocycles. The molecule has 0 aromatic carbocycles. The molecular formula is C18H23ClN4O4S. The quantitative estimate of drug-likeness (QED) is 0.750. The number of carbonyl (C=O) groups excluding carboxylic acids is 3. The summed E-state index contributed by atoms with van der Waals surface area (Å²) in [6.45, 7) is 2.46. The molecule has 2 aliphatic rings. The van der Waals surface area contributed by atoms with Crippen LogP contribution < -0.4 is 5.32 Å². The van der Waals surface area contributed by atoms with Crippen LogP contribution in [0.3, 0.4) is 0 Å². The van der Waals surface area contributed by atoms with Crippen molar-refractivity contribution in [1.82, 2.24) is 14.8 Å². The fraction of sp³-hybridized carbons (Fsp3) is 0.556. The highest BCUT2D eigenvalue weighted by atomic mass is 35.5. The highest BCUT2D eigenvalue weighted by Gasteiger charge is 2.31. The molecule has 3 heterocycles. The van der Waals surface area contributed by atoms with Crippen LogP contribution in [0.15, 0.2) is 18.3 Å². The van der Waals surface area contributed by atoms with Crippen LogP contribution in [-0.4, -0.2) is 76.5 Å². The topological polar surface area (TPSA) is 91.8 Å². The molecule has 0 spiro atoms. The molecule has 0 atom stereocenters. The van der Waals surface area contributed by atoms with Crippen molar-refractivity contribution in [3.05, 3.63) is 23.4 Å². The largest absolute Gasteiger partial charge is 0.449 e. The van der Waals surface area contributed by atoms with Gasteiger partial charge in [0.05, 0.1) is 23.1 Å². The first kappa shape index (κ1) is 20.7. The van der Waals surface area contributed by atoms with Gasteiger partial charge in [0.1, 0.15) is 5.82 Å². The van der Waals surface area contributed by atoms with E-state index < -0.39 is 0 Å². The zero-order chi connectivity index (χ0) is 19.9. The molecule has 3 amide bonds. The Labute approximate surface area is 172 Å². The minimum Gasteiger partial charge on any atom is -0.449 e. The second-order valence-electron chi connectivity index (χ2n) is 6.68. The summed E-state index contributed by atoms with van der Waals surface area (Å²) in [7, 11) is 0. The van der Waals surface area contributed by atoms with Gasteiger partial charge >= 0.3 is 6.09 Å². The van der Waals surface area contributed by atoms with Crippen molar-refractivity contribution in [1.29, 1.82) is 0 Å². The van der Waals surface area contributed by atoms with Crippen molar-refractivity contribution in [3.63, 3.8) is 0 Å². The lowest BCUT2D eigenvalue weighted by atomic mass is 10.0. The van der Waals surface area contributed by atoms with Crippen LogP contribution in [0.25, 0.3) is 0 Å². The van der Waals surface area contributed by atoms with Crippen molar-refractivity contribution in [2.24, 2.45) is 0 Å². The van der Waals surface area contributed by atoms with Gasteiger partial charge in [0.15, 0.2) is 0 Å². The zero-order valence-electron chi connectivity index (χ0n) is 15.4. The van der Waals surface area contributed by atoms with E-state index in [1.54, 1.807) is 21.9 Å². The van der Waals surface area contributed by atoms with E-state index in [1.165, 1.54) is 18.0 Å². The Bertz CT molecular complexity index is 710. The number of carbonyl (C=O) groups is 3. The number of amides is 3. The third-order valence-electron chi connectivity index (χ3n) is 4.71. The molecule has 1 aromatic rings. The number of halogens is 1. The van der Waals surface area contributed by atoms with Gasteiger partial charge < -0.3 is 19.9 Å². The minimum absolute atomic E-state index is 0.0158. The van der Waals surface area contributed by atoms with Gasteiger partial charge in [-0.05, 0) is 31.4 Å². The molecule has 0 aliphatic carbocycles. The lowest BCUT2D eigenvalue weighted by Gasteiger charge is -2.39. The molecule has 2 fully saturated rings. The molecule has 0 unspecified atom stereocenters. The summed E-state index contributed by atoms with van der Waals surface area (Å²) in [4.78, 5) is 43.7. The van der Waals surface area contributed by atoms with Crippen LogP contribution in [-0.2, 0) is 14.3 Å². The Morgan fingerprint density at radius 2 is 2.04 bits per heavy atom. The summed E-state index contributed by atoms with van der Waals surface area (Å²) >= 11 is 7.03. The molecule has 8 nitrogen and oxygen atoms in total. The van der Waals surface area contributed by atoms with Crippen molar-refractivity contribution in [3.8, 4) is 0 Å². The number of nitrogens with zero attached hydrogens (tertiary/aromatic N) is 3. The third kappa shape index (κ3) is 5.75. The van der Waals surface area contributed by atoms with Gasteiger partial charge in [-0.25, -0.2) is 9.78 Å². The number of hydrogen-bond donors (Lipinski definition) is 1. The van der Waals surface area contributed by atoms with Gasteiger partial charge in [0.2, 0.25) is 11.8 Å². The standard InChI is InChI=1S/C18H23ClN4O4S/c19-13-2-3-15(20-10-13)21-16(24)11-28-12-17(25)22-7-4-14(5-8-22)23-6-1-9-27-18(23)26/h2-3,10,14H,1,4-9,11-12H2,(H,20,21,24). The Kier molecular flexibility index (Phi) is 7.38. The van der Waals surface area contributed by atoms with Gasteiger partial charge in [0, 0.05) is 31.9 Å². The van der Waals surface area contributed by atoms with E-state index in [4.69, 9.17) is 16.3 Å². The molecule has 3 rings (SSSR count). The van der Waals surface area contributed by atoms with Gasteiger partial charge in [0.25, 0.3) is 0 Å². The summed E-state index contributed by atoms with van der Waals surface area (Å²) in [5.41, 5.74) is 0. The maximum absolute atomic E-state index is 12.4. The number of aromatic nitrogens is 1. The smallest absolute Gasteiger partial charge is 0.410 e. The van der Waals surface area contributed by atoms with Gasteiger partial charge in [-0.2, -0.15) is 0 Å². The number of ether oxygens (including phenoxy) is 1. The van der Waals surface area contributed by atoms with E-state index in [2.05, 4.69) is 10.3 Å². The van der Waals surface area contributed by atoms with Crippen LogP contribution >= 0.6 is 23.4 Å². The Balaban J connectivity index is 1.34. The van der Waals surface area contributed by atoms with Gasteiger partial charge in [-0.15, -0.1) is 11.8 Å². The molecule has 1 N–H and O–H groups in total. The lowest BCUT2D eigenvalue weighted by molar-refractivity contribution is -0.129. The molecule has 2 aliphatic heterocycles. The third-order valence-corrected chi connectivity index (χ3v) is 5.86. The maximum atomic E-state index is 12.4. The maximum Gasteiger partial charge on any atom is 0.410 e. The average Bonchev–Trinajstić information content (AvgIpc) is 2.70. The van der Waals surface area contributed by atoms with E-state index in [-0.39, 0.29) is 35.5 Å². The number of likely N-dealkylation sites (tertiary alicyclic amines) is 1. The summed E-state index contributed by atoms with van der Waals surface area (Å²) in [5.74, 6) is 0.654. The van der Waals surface area contributed by atoms with Crippen LogP contribution in [0.5, 0.6) is 0 Å². The van der Waals surface area contributed by atoms with Crippen molar-refractivity contribution < 1.29 is 19.1 Å². The van der Waals surface area contributed by atoms with Crippen molar-refractivity contribution >= 4 is 47.1 Å². The molecule has 0 radical (unpaired) electrons. The number of piperidine rings is 1. The van der Waals surface area contributed by atoms with Crippen LogP contribution in [0.1, 0.15) is 19.3 Å². The van der Waals surface area contributed by atoms with E-state index in [1.807, 2.05) is 0 Å². The number of cyclic esters (lactones) is 1. The monoisotopic (exact) mass is 426 g/mol. The highest BCUT2D eigenvalue weighted by molar-refractivity contribution is 8.00. The van der Waals surface area contributed by atoms with E-state index in [0.29, 0.717) is 30.5 Å². The number of anilines is 1. The Morgan fingerprint density at radius 1 is 1.25 bits per heavy atom. The second kappa shape index (κ2) is 9.97. The molecule has 0 saturated carbocycles.